The summed E-state index contributed by atoms with van der Waals surface area (Å²) in [5.74, 6) is -0.391. The smallest absolute Gasteiger partial charge is 0.243 e. The zero-order valence-electron chi connectivity index (χ0n) is 13.7. The third kappa shape index (κ3) is 3.87. The lowest BCUT2D eigenvalue weighted by atomic mass is 10.1. The van der Waals surface area contributed by atoms with Crippen LogP contribution in [0.2, 0.25) is 0 Å². The van der Waals surface area contributed by atoms with Crippen molar-refractivity contribution in [3.63, 3.8) is 0 Å². The molecule has 0 aliphatic rings. The molecule has 0 spiro atoms. The fourth-order valence-corrected chi connectivity index (χ4v) is 3.68. The van der Waals surface area contributed by atoms with Gasteiger partial charge in [0.2, 0.25) is 15.9 Å². The van der Waals surface area contributed by atoms with Crippen LogP contribution < -0.4 is 5.32 Å². The molecule has 0 saturated heterocycles. The third-order valence-electron chi connectivity index (χ3n) is 3.85. The summed E-state index contributed by atoms with van der Waals surface area (Å²) < 4.78 is 26.5. The Morgan fingerprint density at radius 1 is 0.920 bits per heavy atom. The predicted octanol–water partition coefficient (Wildman–Crippen LogP) is 3.10. The molecule has 0 aliphatic carbocycles. The average molecular weight is 354 g/mol. The van der Waals surface area contributed by atoms with E-state index in [0.29, 0.717) is 5.69 Å². The average Bonchev–Trinajstić information content (AvgIpc) is 2.62. The van der Waals surface area contributed by atoms with Crippen LogP contribution in [0.15, 0.2) is 77.7 Å². The zero-order chi connectivity index (χ0) is 17.9. The molecule has 25 heavy (non-hydrogen) atoms. The van der Waals surface area contributed by atoms with Gasteiger partial charge in [-0.25, -0.2) is 8.42 Å². The summed E-state index contributed by atoms with van der Waals surface area (Å²) in [7, 11) is -2.35. The minimum Gasteiger partial charge on any atom is -0.325 e. The number of hydrogen-bond acceptors (Lipinski definition) is 3. The van der Waals surface area contributed by atoms with Gasteiger partial charge in [0, 0.05) is 12.7 Å². The Morgan fingerprint density at radius 2 is 1.56 bits per heavy atom. The Labute approximate surface area is 146 Å². The maximum absolute atomic E-state index is 12.7. The summed E-state index contributed by atoms with van der Waals surface area (Å²) in [5.41, 5.74) is 0.629. The Morgan fingerprint density at radius 3 is 2.28 bits per heavy atom. The number of carbonyl (C=O) groups excluding carboxylic acids is 1. The van der Waals surface area contributed by atoms with Gasteiger partial charge in [0.1, 0.15) is 0 Å². The van der Waals surface area contributed by atoms with Crippen LogP contribution in [-0.4, -0.2) is 32.2 Å². The normalized spacial score (nSPS) is 11.6. The maximum Gasteiger partial charge on any atom is 0.243 e. The number of nitrogens with zero attached hydrogens (tertiary/aromatic N) is 1. The van der Waals surface area contributed by atoms with Crippen LogP contribution in [0.5, 0.6) is 0 Å². The van der Waals surface area contributed by atoms with E-state index in [-0.39, 0.29) is 11.4 Å². The molecule has 6 heteroatoms. The summed E-state index contributed by atoms with van der Waals surface area (Å²) >= 11 is 0. The first kappa shape index (κ1) is 17.1. The summed E-state index contributed by atoms with van der Waals surface area (Å²) in [6.07, 6.45) is 0. The van der Waals surface area contributed by atoms with Gasteiger partial charge < -0.3 is 5.32 Å². The van der Waals surface area contributed by atoms with E-state index in [9.17, 15) is 13.2 Å². The van der Waals surface area contributed by atoms with Crippen molar-refractivity contribution in [3.05, 3.63) is 72.8 Å². The molecule has 5 nitrogen and oxygen atoms in total. The van der Waals surface area contributed by atoms with Gasteiger partial charge in [0.15, 0.2) is 0 Å². The minimum absolute atomic E-state index is 0.168. The number of sulfonamides is 1. The molecule has 128 valence electrons. The number of anilines is 1. The first-order chi connectivity index (χ1) is 12.0. The van der Waals surface area contributed by atoms with Crippen LogP contribution in [0.25, 0.3) is 10.8 Å². The van der Waals surface area contributed by atoms with Crippen molar-refractivity contribution in [2.45, 2.75) is 4.90 Å². The van der Waals surface area contributed by atoms with Gasteiger partial charge in [-0.3, -0.25) is 4.79 Å². The van der Waals surface area contributed by atoms with Crippen molar-refractivity contribution in [2.75, 3.05) is 18.9 Å². The topological polar surface area (TPSA) is 66.5 Å². The van der Waals surface area contributed by atoms with E-state index in [1.54, 1.807) is 42.5 Å². The number of rotatable bonds is 5. The number of likely N-dealkylation sites (N-methyl/N-ethyl adjacent to an activating group) is 1. The summed E-state index contributed by atoms with van der Waals surface area (Å²) in [6.45, 7) is -0.260. The molecule has 0 aromatic heterocycles. The molecule has 0 saturated carbocycles. The number of nitrogens with one attached hydrogen (secondary N) is 1. The van der Waals surface area contributed by atoms with Crippen LogP contribution in [0.4, 0.5) is 5.69 Å². The molecular formula is C19H18N2O3S. The first-order valence-corrected chi connectivity index (χ1v) is 9.21. The van der Waals surface area contributed by atoms with Gasteiger partial charge in [0.05, 0.1) is 11.4 Å². The number of carbonyl (C=O) groups is 1. The van der Waals surface area contributed by atoms with Crippen LogP contribution in [0, 0.1) is 0 Å². The lowest BCUT2D eigenvalue weighted by molar-refractivity contribution is -0.116. The summed E-state index contributed by atoms with van der Waals surface area (Å²) in [6, 6.07) is 21.4. The van der Waals surface area contributed by atoms with Crippen molar-refractivity contribution in [1.29, 1.82) is 0 Å². The molecule has 3 aromatic rings. The highest BCUT2D eigenvalue weighted by atomic mass is 32.2. The monoisotopic (exact) mass is 354 g/mol. The SMILES string of the molecule is CN(CC(=O)Nc1ccccc1)S(=O)(=O)c1ccc2ccccc2c1. The van der Waals surface area contributed by atoms with Crippen LogP contribution in [0.1, 0.15) is 0 Å². The molecule has 0 heterocycles. The molecule has 0 atom stereocenters. The molecule has 1 N–H and O–H groups in total. The molecular weight excluding hydrogens is 336 g/mol. The van der Waals surface area contributed by atoms with Crippen LogP contribution in [-0.2, 0) is 14.8 Å². The van der Waals surface area contributed by atoms with Gasteiger partial charge in [-0.1, -0.05) is 48.5 Å². The molecule has 0 unspecified atom stereocenters. The standard InChI is InChI=1S/C19H18N2O3S/c1-21(14-19(22)20-17-9-3-2-4-10-17)25(23,24)18-12-11-15-7-5-6-8-16(15)13-18/h2-13H,14H2,1H3,(H,20,22). The fourth-order valence-electron chi connectivity index (χ4n) is 2.52. The van der Waals surface area contributed by atoms with Crippen molar-refractivity contribution in [2.24, 2.45) is 0 Å². The van der Waals surface area contributed by atoms with Crippen LogP contribution >= 0.6 is 0 Å². The molecule has 0 fully saturated rings. The maximum atomic E-state index is 12.7. The minimum atomic E-state index is -3.75. The molecule has 3 aromatic carbocycles. The summed E-state index contributed by atoms with van der Waals surface area (Å²) in [4.78, 5) is 12.3. The quantitative estimate of drug-likeness (QED) is 0.766. The highest BCUT2D eigenvalue weighted by molar-refractivity contribution is 7.89. The van der Waals surface area contributed by atoms with Crippen molar-refractivity contribution in [3.8, 4) is 0 Å². The van der Waals surface area contributed by atoms with Crippen molar-refractivity contribution < 1.29 is 13.2 Å². The van der Waals surface area contributed by atoms with E-state index in [1.165, 1.54) is 7.05 Å². The van der Waals surface area contributed by atoms with Gasteiger partial charge in [-0.2, -0.15) is 4.31 Å². The van der Waals surface area contributed by atoms with Gasteiger partial charge in [0.25, 0.3) is 0 Å². The number of hydrogen-bond donors (Lipinski definition) is 1. The highest BCUT2D eigenvalue weighted by Crippen LogP contribution is 2.21. The van der Waals surface area contributed by atoms with Gasteiger partial charge in [-0.05, 0) is 35.0 Å². The third-order valence-corrected chi connectivity index (χ3v) is 5.65. The number of fused-ring (bicyclic) bond motifs is 1. The second kappa shape index (κ2) is 7.04. The Hall–Kier alpha value is -2.70. The Kier molecular flexibility index (Phi) is 4.83. The Bertz CT molecular complexity index is 1000. The molecule has 0 bridgehead atoms. The van der Waals surface area contributed by atoms with E-state index < -0.39 is 15.9 Å². The van der Waals surface area contributed by atoms with E-state index in [1.807, 2.05) is 30.3 Å². The molecule has 1 amide bonds. The Balaban J connectivity index is 1.77. The molecule has 3 rings (SSSR count). The number of benzene rings is 3. The lowest BCUT2D eigenvalue weighted by Crippen LogP contribution is -2.34. The zero-order valence-corrected chi connectivity index (χ0v) is 14.5. The highest BCUT2D eigenvalue weighted by Gasteiger charge is 2.23. The van der Waals surface area contributed by atoms with Crippen molar-refractivity contribution in [1.82, 2.24) is 4.31 Å². The van der Waals surface area contributed by atoms with Gasteiger partial charge >= 0.3 is 0 Å². The first-order valence-electron chi connectivity index (χ1n) is 7.77. The lowest BCUT2D eigenvalue weighted by Gasteiger charge is -2.17. The number of para-hydroxylation sites is 1. The molecule has 0 aliphatic heterocycles. The van der Waals surface area contributed by atoms with E-state index in [4.69, 9.17) is 0 Å². The summed E-state index contributed by atoms with van der Waals surface area (Å²) in [5, 5.41) is 4.48. The van der Waals surface area contributed by atoms with E-state index in [0.717, 1.165) is 15.1 Å². The second-order valence-corrected chi connectivity index (χ2v) is 7.73. The van der Waals surface area contributed by atoms with E-state index in [2.05, 4.69) is 5.32 Å². The predicted molar refractivity (Wildman–Crippen MR) is 98.8 cm³/mol. The number of amides is 1. The van der Waals surface area contributed by atoms with E-state index >= 15 is 0 Å². The van der Waals surface area contributed by atoms with Gasteiger partial charge in [-0.15, -0.1) is 0 Å². The largest absolute Gasteiger partial charge is 0.325 e. The molecule has 0 radical (unpaired) electrons. The van der Waals surface area contributed by atoms with Crippen molar-refractivity contribution >= 4 is 32.4 Å². The van der Waals surface area contributed by atoms with Crippen LogP contribution in [0.3, 0.4) is 0 Å². The fraction of sp³-hybridized carbons (Fsp3) is 0.105. The second-order valence-electron chi connectivity index (χ2n) is 5.68.